The summed E-state index contributed by atoms with van der Waals surface area (Å²) in [5, 5.41) is 3.56. The van der Waals surface area contributed by atoms with Gasteiger partial charge in [0.15, 0.2) is 0 Å². The van der Waals surface area contributed by atoms with Crippen LogP contribution in [0.5, 0.6) is 0 Å². The van der Waals surface area contributed by atoms with Crippen LogP contribution in [0.4, 0.5) is 0 Å². The summed E-state index contributed by atoms with van der Waals surface area (Å²) in [4.78, 5) is 31.9. The number of ether oxygens (including phenoxy) is 1. The van der Waals surface area contributed by atoms with Crippen LogP contribution in [0.25, 0.3) is 0 Å². The van der Waals surface area contributed by atoms with Gasteiger partial charge in [0.1, 0.15) is 0 Å². The Bertz CT molecular complexity index is 666. The molecule has 9 nitrogen and oxygen atoms in total. The first-order valence-corrected chi connectivity index (χ1v) is 9.63. The van der Waals surface area contributed by atoms with E-state index in [0.29, 0.717) is 37.9 Å². The number of aromatic nitrogens is 2. The number of nitrogens with two attached hydrogens (primary N) is 1. The summed E-state index contributed by atoms with van der Waals surface area (Å²) >= 11 is 0. The summed E-state index contributed by atoms with van der Waals surface area (Å²) in [6.07, 6.45) is 3.04. The van der Waals surface area contributed by atoms with Crippen molar-refractivity contribution in [2.75, 3.05) is 32.8 Å². The highest BCUT2D eigenvalue weighted by atomic mass is 16.5. The van der Waals surface area contributed by atoms with Gasteiger partial charge in [-0.1, -0.05) is 19.0 Å². The predicted molar refractivity (Wildman–Crippen MR) is 96.7 cm³/mol. The Morgan fingerprint density at radius 2 is 2.04 bits per heavy atom. The molecule has 1 aromatic rings. The van der Waals surface area contributed by atoms with E-state index in [-0.39, 0.29) is 17.3 Å². The number of primary amides is 1. The summed E-state index contributed by atoms with van der Waals surface area (Å²) in [5.41, 5.74) is 4.77. The zero-order chi connectivity index (χ0) is 19.4. The quantitative estimate of drug-likeness (QED) is 0.777. The fraction of sp³-hybridized carbons (Fsp3) is 0.778. The lowest BCUT2D eigenvalue weighted by Crippen LogP contribution is -2.47. The largest absolute Gasteiger partial charge is 0.373 e. The van der Waals surface area contributed by atoms with E-state index in [1.54, 1.807) is 0 Å². The molecule has 9 heteroatoms. The summed E-state index contributed by atoms with van der Waals surface area (Å²) in [5.74, 6) is 0.355. The number of rotatable bonds is 6. The third-order valence-corrected chi connectivity index (χ3v) is 5.39. The average Bonchev–Trinajstić information content (AvgIpc) is 3.02. The second kappa shape index (κ2) is 8.35. The molecule has 3 heterocycles. The summed E-state index contributed by atoms with van der Waals surface area (Å²) in [7, 11) is 0. The molecule has 1 aromatic heterocycles. The van der Waals surface area contributed by atoms with Crippen molar-refractivity contribution >= 4 is 11.8 Å². The minimum absolute atomic E-state index is 0.0994. The van der Waals surface area contributed by atoms with E-state index in [1.807, 2.05) is 4.90 Å². The first kappa shape index (κ1) is 19.8. The van der Waals surface area contributed by atoms with E-state index in [9.17, 15) is 9.59 Å². The molecule has 3 rings (SSSR count). The maximum Gasteiger partial charge on any atom is 0.290 e. The van der Waals surface area contributed by atoms with Crippen molar-refractivity contribution < 1.29 is 18.8 Å². The normalized spacial score (nSPS) is 21.0. The van der Waals surface area contributed by atoms with Crippen LogP contribution >= 0.6 is 0 Å². The van der Waals surface area contributed by atoms with E-state index in [2.05, 4.69) is 28.9 Å². The molecule has 0 aromatic carbocycles. The van der Waals surface area contributed by atoms with Crippen molar-refractivity contribution in [3.63, 3.8) is 0 Å². The highest BCUT2D eigenvalue weighted by Crippen LogP contribution is 2.32. The van der Waals surface area contributed by atoms with Gasteiger partial charge in [0.2, 0.25) is 11.8 Å². The van der Waals surface area contributed by atoms with Crippen LogP contribution in [-0.4, -0.2) is 70.1 Å². The van der Waals surface area contributed by atoms with E-state index < -0.39 is 5.91 Å². The smallest absolute Gasteiger partial charge is 0.290 e. The predicted octanol–water partition coefficient (Wildman–Crippen LogP) is 0.798. The number of piperidine rings is 1. The zero-order valence-corrected chi connectivity index (χ0v) is 16.1. The summed E-state index contributed by atoms with van der Waals surface area (Å²) in [6.45, 7) is 8.43. The number of hydrogen-bond donors (Lipinski definition) is 1. The Balaban J connectivity index is 1.52. The maximum absolute atomic E-state index is 12.7. The topological polar surface area (TPSA) is 115 Å². The number of likely N-dealkylation sites (tertiary alicyclic amines) is 1. The van der Waals surface area contributed by atoms with Crippen LogP contribution in [-0.2, 0) is 16.1 Å². The van der Waals surface area contributed by atoms with Crippen LogP contribution in [0, 0.1) is 5.92 Å². The SMILES string of the molecule is CC(C)CCN1CCOC2(CCN(Cc3nc(C(N)=O)no3)CC2)CC1=O. The zero-order valence-electron chi connectivity index (χ0n) is 16.1. The lowest BCUT2D eigenvalue weighted by Gasteiger charge is -2.40. The van der Waals surface area contributed by atoms with E-state index in [4.69, 9.17) is 15.0 Å². The van der Waals surface area contributed by atoms with Crippen molar-refractivity contribution in [2.24, 2.45) is 11.7 Å². The number of amides is 2. The van der Waals surface area contributed by atoms with Gasteiger partial charge >= 0.3 is 0 Å². The van der Waals surface area contributed by atoms with Gasteiger partial charge in [-0.2, -0.15) is 4.98 Å². The molecule has 0 saturated carbocycles. The molecule has 0 bridgehead atoms. The number of carbonyl (C=O) groups excluding carboxylic acids is 2. The fourth-order valence-electron chi connectivity index (χ4n) is 3.64. The molecule has 2 N–H and O–H groups in total. The van der Waals surface area contributed by atoms with Crippen LogP contribution < -0.4 is 5.73 Å². The molecule has 150 valence electrons. The molecule has 0 aliphatic carbocycles. The number of hydrogen-bond acceptors (Lipinski definition) is 7. The van der Waals surface area contributed by atoms with Crippen LogP contribution in [0.1, 0.15) is 56.0 Å². The molecule has 0 atom stereocenters. The minimum atomic E-state index is -0.699. The second-order valence-electron chi connectivity index (χ2n) is 7.92. The second-order valence-corrected chi connectivity index (χ2v) is 7.92. The average molecular weight is 379 g/mol. The van der Waals surface area contributed by atoms with Gasteiger partial charge in [0.25, 0.3) is 11.7 Å². The fourth-order valence-corrected chi connectivity index (χ4v) is 3.64. The molecular weight excluding hydrogens is 350 g/mol. The first-order valence-electron chi connectivity index (χ1n) is 9.63. The lowest BCUT2D eigenvalue weighted by atomic mass is 9.87. The molecule has 1 spiro atoms. The number of carbonyl (C=O) groups is 2. The standard InChI is InChI=1S/C18H29N5O4/c1-13(2)3-6-23-9-10-26-18(11-15(23)24)4-7-22(8-5-18)12-14-20-17(16(19)25)21-27-14/h13H,3-12H2,1-2H3,(H2,19,25). The van der Waals surface area contributed by atoms with Gasteiger partial charge in [-0.15, -0.1) is 0 Å². The van der Waals surface area contributed by atoms with Gasteiger partial charge in [-0.05, 0) is 25.2 Å². The van der Waals surface area contributed by atoms with Crippen LogP contribution in [0.15, 0.2) is 4.52 Å². The number of nitrogens with zero attached hydrogens (tertiary/aromatic N) is 4. The summed E-state index contributed by atoms with van der Waals surface area (Å²) in [6, 6.07) is 0. The third-order valence-electron chi connectivity index (χ3n) is 5.39. The third kappa shape index (κ3) is 5.04. The van der Waals surface area contributed by atoms with E-state index >= 15 is 0 Å². The van der Waals surface area contributed by atoms with Crippen LogP contribution in [0.3, 0.4) is 0 Å². The monoisotopic (exact) mass is 379 g/mol. The molecular formula is C18H29N5O4. The van der Waals surface area contributed by atoms with Crippen LogP contribution in [0.2, 0.25) is 0 Å². The Hall–Kier alpha value is -2.00. The van der Waals surface area contributed by atoms with E-state index in [1.165, 1.54) is 0 Å². The molecule has 0 radical (unpaired) electrons. The van der Waals surface area contributed by atoms with Crippen molar-refractivity contribution in [2.45, 2.75) is 51.7 Å². The van der Waals surface area contributed by atoms with E-state index in [0.717, 1.165) is 38.9 Å². The molecule has 2 aliphatic rings. The summed E-state index contributed by atoms with van der Waals surface area (Å²) < 4.78 is 11.2. The van der Waals surface area contributed by atoms with Gasteiger partial charge < -0.3 is 19.9 Å². The van der Waals surface area contributed by atoms with Crippen molar-refractivity contribution in [3.05, 3.63) is 11.7 Å². The van der Waals surface area contributed by atoms with Crippen molar-refractivity contribution in [3.8, 4) is 0 Å². The minimum Gasteiger partial charge on any atom is -0.373 e. The van der Waals surface area contributed by atoms with Gasteiger partial charge in [0, 0.05) is 26.2 Å². The Kier molecular flexibility index (Phi) is 6.11. The van der Waals surface area contributed by atoms with Gasteiger partial charge in [-0.25, -0.2) is 0 Å². The maximum atomic E-state index is 12.7. The molecule has 2 aliphatic heterocycles. The lowest BCUT2D eigenvalue weighted by molar-refractivity contribution is -0.135. The Morgan fingerprint density at radius 3 is 2.67 bits per heavy atom. The van der Waals surface area contributed by atoms with Crippen molar-refractivity contribution in [1.82, 2.24) is 19.9 Å². The first-order chi connectivity index (χ1) is 12.9. The Labute approximate surface area is 159 Å². The molecule has 2 fully saturated rings. The van der Waals surface area contributed by atoms with Gasteiger partial charge in [-0.3, -0.25) is 14.5 Å². The van der Waals surface area contributed by atoms with Gasteiger partial charge in [0.05, 0.1) is 25.2 Å². The Morgan fingerprint density at radius 1 is 1.30 bits per heavy atom. The molecule has 2 saturated heterocycles. The highest BCUT2D eigenvalue weighted by molar-refractivity contribution is 5.88. The molecule has 2 amide bonds. The highest BCUT2D eigenvalue weighted by Gasteiger charge is 2.40. The molecule has 27 heavy (non-hydrogen) atoms. The van der Waals surface area contributed by atoms with Crippen molar-refractivity contribution in [1.29, 1.82) is 0 Å². The molecule has 0 unspecified atom stereocenters.